The summed E-state index contributed by atoms with van der Waals surface area (Å²) in [6.07, 6.45) is -0.818. The molecule has 1 aliphatic heterocycles. The van der Waals surface area contributed by atoms with Crippen molar-refractivity contribution < 1.29 is 13.2 Å². The minimum Gasteiger partial charge on any atom is -0.346 e. The van der Waals surface area contributed by atoms with E-state index in [9.17, 15) is 13.2 Å². The van der Waals surface area contributed by atoms with Gasteiger partial charge in [0.1, 0.15) is 5.82 Å². The maximum absolute atomic E-state index is 12.4. The van der Waals surface area contributed by atoms with E-state index >= 15 is 0 Å². The van der Waals surface area contributed by atoms with Crippen LogP contribution >= 0.6 is 0 Å². The molecule has 1 N–H and O–H groups in total. The van der Waals surface area contributed by atoms with Gasteiger partial charge < -0.3 is 4.57 Å². The van der Waals surface area contributed by atoms with Crippen LogP contribution in [0.1, 0.15) is 17.7 Å². The number of fused-ring (bicyclic) bond motifs is 1. The van der Waals surface area contributed by atoms with Crippen LogP contribution in [0.15, 0.2) is 41.8 Å². The molecule has 0 bridgehead atoms. The Hall–Kier alpha value is -2.31. The quantitative estimate of drug-likeness (QED) is 0.859. The molecule has 0 amide bonds. The number of hydrogen-bond acceptors (Lipinski definition) is 3. The van der Waals surface area contributed by atoms with E-state index in [-0.39, 0.29) is 5.82 Å². The fraction of sp³-hybridized carbons (Fsp3) is 0.231. The summed E-state index contributed by atoms with van der Waals surface area (Å²) in [5.74, 6) is 0.288. The maximum atomic E-state index is 12.4. The predicted octanol–water partition coefficient (Wildman–Crippen LogP) is 3.12. The van der Waals surface area contributed by atoms with E-state index in [1.54, 1.807) is 0 Å². The summed E-state index contributed by atoms with van der Waals surface area (Å²) in [4.78, 5) is 3.70. The van der Waals surface area contributed by atoms with Gasteiger partial charge in [0.25, 0.3) is 0 Å². The monoisotopic (exact) mass is 280 g/mol. The zero-order valence-electron chi connectivity index (χ0n) is 10.4. The lowest BCUT2D eigenvalue weighted by atomic mass is 10.2. The van der Waals surface area contributed by atoms with E-state index < -0.39 is 11.7 Å². The van der Waals surface area contributed by atoms with E-state index in [1.165, 1.54) is 6.07 Å². The molecule has 1 aliphatic rings. The van der Waals surface area contributed by atoms with Crippen LogP contribution in [0.5, 0.6) is 0 Å². The van der Waals surface area contributed by atoms with Gasteiger partial charge in [0.05, 0.1) is 17.0 Å². The first-order valence-corrected chi connectivity index (χ1v) is 6.05. The van der Waals surface area contributed by atoms with Crippen molar-refractivity contribution in [3.63, 3.8) is 0 Å². The number of aryl methyl sites for hydroxylation is 1. The van der Waals surface area contributed by atoms with Crippen LogP contribution in [-0.2, 0) is 12.7 Å². The number of alkyl halides is 3. The van der Waals surface area contributed by atoms with Gasteiger partial charge >= 0.3 is 6.18 Å². The van der Waals surface area contributed by atoms with Crippen molar-refractivity contribution in [3.8, 4) is 0 Å². The summed E-state index contributed by atoms with van der Waals surface area (Å²) in [6, 6.07) is 6.13. The molecule has 2 aromatic heterocycles. The van der Waals surface area contributed by atoms with Gasteiger partial charge in [0, 0.05) is 25.4 Å². The molecule has 0 atom stereocenters. The Morgan fingerprint density at radius 3 is 2.80 bits per heavy atom. The zero-order chi connectivity index (χ0) is 14.2. The van der Waals surface area contributed by atoms with Crippen molar-refractivity contribution in [3.05, 3.63) is 47.9 Å². The Morgan fingerprint density at radius 2 is 2.10 bits per heavy atom. The highest BCUT2D eigenvalue weighted by Gasteiger charge is 2.30. The molecule has 4 nitrogen and oxygen atoms in total. The van der Waals surface area contributed by atoms with Gasteiger partial charge in [-0.15, -0.1) is 0 Å². The van der Waals surface area contributed by atoms with Crippen LogP contribution < -0.4 is 5.43 Å². The number of anilines is 1. The normalized spacial score (nSPS) is 16.4. The average molecular weight is 280 g/mol. The molecule has 0 radical (unpaired) electrons. The number of halogens is 3. The molecule has 3 rings (SSSR count). The van der Waals surface area contributed by atoms with E-state index in [1.807, 2.05) is 18.3 Å². The smallest absolute Gasteiger partial charge is 0.346 e. The number of nitrogens with one attached hydrogen (secondary N) is 1. The van der Waals surface area contributed by atoms with E-state index in [0.717, 1.165) is 36.6 Å². The number of nitrogens with zero attached hydrogens (tertiary/aromatic N) is 3. The highest BCUT2D eigenvalue weighted by molar-refractivity contribution is 6.01. The number of hydrazone groups is 1. The van der Waals surface area contributed by atoms with Gasteiger partial charge in [0.15, 0.2) is 0 Å². The minimum atomic E-state index is -4.37. The molecule has 0 aromatic carbocycles. The van der Waals surface area contributed by atoms with Gasteiger partial charge in [-0.25, -0.2) is 4.98 Å². The van der Waals surface area contributed by atoms with E-state index in [4.69, 9.17) is 0 Å². The lowest BCUT2D eigenvalue weighted by Gasteiger charge is -2.06. The Morgan fingerprint density at radius 1 is 1.25 bits per heavy atom. The summed E-state index contributed by atoms with van der Waals surface area (Å²) >= 11 is 0. The second-order valence-corrected chi connectivity index (χ2v) is 4.44. The van der Waals surface area contributed by atoms with E-state index in [0.29, 0.717) is 0 Å². The van der Waals surface area contributed by atoms with Crippen molar-refractivity contribution in [1.82, 2.24) is 9.55 Å². The number of rotatable bonds is 2. The molecule has 20 heavy (non-hydrogen) atoms. The molecule has 0 saturated carbocycles. The van der Waals surface area contributed by atoms with Crippen molar-refractivity contribution in [2.75, 3.05) is 5.43 Å². The van der Waals surface area contributed by atoms with Crippen molar-refractivity contribution in [2.45, 2.75) is 19.1 Å². The Labute approximate surface area is 112 Å². The van der Waals surface area contributed by atoms with Gasteiger partial charge in [-0.1, -0.05) is 0 Å². The first kappa shape index (κ1) is 12.7. The summed E-state index contributed by atoms with van der Waals surface area (Å²) in [7, 11) is 0. The van der Waals surface area contributed by atoms with Crippen molar-refractivity contribution in [2.24, 2.45) is 5.10 Å². The van der Waals surface area contributed by atoms with Crippen LogP contribution in [-0.4, -0.2) is 15.3 Å². The second kappa shape index (κ2) is 4.66. The van der Waals surface area contributed by atoms with Crippen LogP contribution in [0.2, 0.25) is 0 Å². The largest absolute Gasteiger partial charge is 0.417 e. The second-order valence-electron chi connectivity index (χ2n) is 4.44. The van der Waals surface area contributed by atoms with Crippen molar-refractivity contribution >= 4 is 11.5 Å². The molecule has 7 heteroatoms. The van der Waals surface area contributed by atoms with Gasteiger partial charge in [-0.3, -0.25) is 5.43 Å². The van der Waals surface area contributed by atoms with Crippen molar-refractivity contribution in [1.29, 1.82) is 0 Å². The van der Waals surface area contributed by atoms with Gasteiger partial charge in [0.2, 0.25) is 0 Å². The molecule has 104 valence electrons. The minimum absolute atomic E-state index is 0.288. The molecular formula is C13H11F3N4. The average Bonchev–Trinajstić information content (AvgIpc) is 2.99. The van der Waals surface area contributed by atoms with Gasteiger partial charge in [-0.05, 0) is 24.3 Å². The molecule has 0 saturated heterocycles. The molecule has 3 heterocycles. The van der Waals surface area contributed by atoms with Crippen LogP contribution in [0.4, 0.5) is 19.0 Å². The Kier molecular flexibility index (Phi) is 2.96. The standard InChI is InChI=1S/C13H11F3N4/c14-13(15,16)9-3-4-12(17-8-9)19-18-10-5-7-20-6-1-2-11(10)20/h1-4,6,8H,5,7H2,(H,17,19). The molecule has 0 spiro atoms. The third-order valence-corrected chi connectivity index (χ3v) is 3.11. The molecular weight excluding hydrogens is 269 g/mol. The molecule has 0 aliphatic carbocycles. The van der Waals surface area contributed by atoms with Gasteiger partial charge in [-0.2, -0.15) is 18.3 Å². The number of hydrogen-bond donors (Lipinski definition) is 1. The highest BCUT2D eigenvalue weighted by Crippen LogP contribution is 2.28. The highest BCUT2D eigenvalue weighted by atomic mass is 19.4. The predicted molar refractivity (Wildman–Crippen MR) is 68.4 cm³/mol. The zero-order valence-corrected chi connectivity index (χ0v) is 10.4. The third-order valence-electron chi connectivity index (χ3n) is 3.11. The molecule has 0 fully saturated rings. The number of aromatic nitrogens is 2. The number of pyridine rings is 1. The topological polar surface area (TPSA) is 42.2 Å². The summed E-state index contributed by atoms with van der Waals surface area (Å²) in [5, 5.41) is 4.20. The molecule has 2 aromatic rings. The fourth-order valence-corrected chi connectivity index (χ4v) is 2.09. The van der Waals surface area contributed by atoms with Crippen LogP contribution in [0.25, 0.3) is 0 Å². The Balaban J connectivity index is 1.74. The SMILES string of the molecule is FC(F)(F)c1ccc(NN=C2CCn3cccc32)nc1. The summed E-state index contributed by atoms with van der Waals surface area (Å²) in [5.41, 5.74) is 3.81. The summed E-state index contributed by atoms with van der Waals surface area (Å²) < 4.78 is 39.2. The van der Waals surface area contributed by atoms with E-state index in [2.05, 4.69) is 20.1 Å². The third kappa shape index (κ3) is 2.38. The summed E-state index contributed by atoms with van der Waals surface area (Å²) in [6.45, 7) is 0.864. The lowest BCUT2D eigenvalue weighted by molar-refractivity contribution is -0.137. The first-order chi connectivity index (χ1) is 9.54. The Bertz CT molecular complexity index is 640. The fourth-order valence-electron chi connectivity index (χ4n) is 2.09. The van der Waals surface area contributed by atoms with Crippen LogP contribution in [0.3, 0.4) is 0 Å². The van der Waals surface area contributed by atoms with Crippen LogP contribution in [0, 0.1) is 0 Å². The lowest BCUT2D eigenvalue weighted by Crippen LogP contribution is -2.06. The molecule has 0 unspecified atom stereocenters. The first-order valence-electron chi connectivity index (χ1n) is 6.05. The maximum Gasteiger partial charge on any atom is 0.417 e.